The van der Waals surface area contributed by atoms with Gasteiger partial charge >= 0.3 is 5.97 Å². The summed E-state index contributed by atoms with van der Waals surface area (Å²) in [6.45, 7) is 1.93. The number of carboxylic acids is 1. The van der Waals surface area contributed by atoms with E-state index in [9.17, 15) is 9.90 Å². The number of rotatable bonds is 6. The molecule has 1 N–H and O–H groups in total. The molecule has 0 heterocycles. The zero-order chi connectivity index (χ0) is 17.0. The van der Waals surface area contributed by atoms with Crippen LogP contribution in [0, 0.1) is 6.92 Å². The summed E-state index contributed by atoms with van der Waals surface area (Å²) in [7, 11) is 4.66. The van der Waals surface area contributed by atoms with Gasteiger partial charge in [-0.1, -0.05) is 12.1 Å². The van der Waals surface area contributed by atoms with Gasteiger partial charge in [0.1, 0.15) is 22.8 Å². The van der Waals surface area contributed by atoms with Crippen LogP contribution in [0.5, 0.6) is 17.2 Å². The number of ether oxygens (including phenoxy) is 3. The van der Waals surface area contributed by atoms with Crippen LogP contribution >= 0.6 is 0 Å². The van der Waals surface area contributed by atoms with Crippen molar-refractivity contribution in [2.45, 2.75) is 13.3 Å². The number of hydrogen-bond acceptors (Lipinski definition) is 4. The lowest BCUT2D eigenvalue weighted by atomic mass is 9.97. The molecule has 0 aliphatic heterocycles. The molecule has 0 amide bonds. The Kier molecular flexibility index (Phi) is 5.11. The summed E-state index contributed by atoms with van der Waals surface area (Å²) < 4.78 is 15.9. The fourth-order valence-corrected chi connectivity index (χ4v) is 2.59. The van der Waals surface area contributed by atoms with Gasteiger partial charge in [0.15, 0.2) is 0 Å². The van der Waals surface area contributed by atoms with Crippen LogP contribution in [0.1, 0.15) is 27.0 Å². The first-order valence-corrected chi connectivity index (χ1v) is 7.12. The average Bonchev–Trinajstić information content (AvgIpc) is 2.55. The van der Waals surface area contributed by atoms with Crippen LogP contribution in [-0.4, -0.2) is 32.4 Å². The van der Waals surface area contributed by atoms with Crippen molar-refractivity contribution in [1.29, 1.82) is 0 Å². The molecule has 0 spiro atoms. The van der Waals surface area contributed by atoms with Gasteiger partial charge in [-0.05, 0) is 36.2 Å². The number of aryl methyl sites for hydroxylation is 1. The average molecular weight is 316 g/mol. The van der Waals surface area contributed by atoms with Gasteiger partial charge in [-0.25, -0.2) is 4.79 Å². The molecule has 0 fully saturated rings. The highest BCUT2D eigenvalue weighted by Crippen LogP contribution is 2.32. The third-order valence-corrected chi connectivity index (χ3v) is 3.73. The quantitative estimate of drug-likeness (QED) is 0.885. The van der Waals surface area contributed by atoms with E-state index in [-0.39, 0.29) is 5.56 Å². The maximum atomic E-state index is 11.6. The van der Waals surface area contributed by atoms with Gasteiger partial charge in [0.05, 0.1) is 21.3 Å². The molecule has 2 aromatic carbocycles. The summed E-state index contributed by atoms with van der Waals surface area (Å²) in [5, 5.41) is 9.49. The van der Waals surface area contributed by atoms with E-state index in [0.717, 1.165) is 16.9 Å². The predicted molar refractivity (Wildman–Crippen MR) is 87.0 cm³/mol. The van der Waals surface area contributed by atoms with Crippen molar-refractivity contribution in [1.82, 2.24) is 0 Å². The van der Waals surface area contributed by atoms with Crippen LogP contribution < -0.4 is 14.2 Å². The van der Waals surface area contributed by atoms with E-state index in [4.69, 9.17) is 14.2 Å². The summed E-state index contributed by atoms with van der Waals surface area (Å²) in [5.74, 6) is 0.756. The standard InChI is InChI=1S/C18H20O5/c1-11-8-16(23-4)13(10-15(11)22-3)9-12-6-5-7-14(21-2)17(12)18(19)20/h5-8,10H,9H2,1-4H3,(H,19,20). The minimum Gasteiger partial charge on any atom is -0.496 e. The van der Waals surface area contributed by atoms with Crippen molar-refractivity contribution in [3.8, 4) is 17.2 Å². The molecular formula is C18H20O5. The molecule has 5 nitrogen and oxygen atoms in total. The van der Waals surface area contributed by atoms with Gasteiger partial charge in [0, 0.05) is 12.0 Å². The van der Waals surface area contributed by atoms with Gasteiger partial charge in [0.2, 0.25) is 0 Å². The summed E-state index contributed by atoms with van der Waals surface area (Å²) in [6.07, 6.45) is 0.401. The van der Waals surface area contributed by atoms with E-state index in [1.807, 2.05) is 19.1 Å². The molecule has 2 rings (SSSR count). The number of aromatic carboxylic acids is 1. The van der Waals surface area contributed by atoms with E-state index < -0.39 is 5.97 Å². The zero-order valence-corrected chi connectivity index (χ0v) is 13.7. The Balaban J connectivity index is 2.53. The number of benzene rings is 2. The van der Waals surface area contributed by atoms with Crippen LogP contribution in [0.15, 0.2) is 30.3 Å². The van der Waals surface area contributed by atoms with E-state index in [2.05, 4.69) is 0 Å². The largest absolute Gasteiger partial charge is 0.496 e. The molecule has 0 radical (unpaired) electrons. The zero-order valence-electron chi connectivity index (χ0n) is 13.7. The van der Waals surface area contributed by atoms with Gasteiger partial charge in [-0.15, -0.1) is 0 Å². The fourth-order valence-electron chi connectivity index (χ4n) is 2.59. The third kappa shape index (κ3) is 3.39. The lowest BCUT2D eigenvalue weighted by Crippen LogP contribution is -2.07. The monoisotopic (exact) mass is 316 g/mol. The molecule has 2 aromatic rings. The second-order valence-electron chi connectivity index (χ2n) is 5.11. The first-order valence-electron chi connectivity index (χ1n) is 7.12. The molecule has 122 valence electrons. The third-order valence-electron chi connectivity index (χ3n) is 3.73. The fraction of sp³-hybridized carbons (Fsp3) is 0.278. The SMILES string of the molecule is COc1cc(Cc2cccc(OC)c2C(=O)O)c(OC)cc1C. The molecule has 23 heavy (non-hydrogen) atoms. The molecule has 0 aliphatic rings. The summed E-state index contributed by atoms with van der Waals surface area (Å²) in [4.78, 5) is 11.6. The van der Waals surface area contributed by atoms with Crippen molar-refractivity contribution in [3.63, 3.8) is 0 Å². The second kappa shape index (κ2) is 7.05. The Morgan fingerprint density at radius 1 is 0.957 bits per heavy atom. The molecule has 0 aliphatic carbocycles. The smallest absolute Gasteiger partial charge is 0.339 e. The minimum atomic E-state index is -1.02. The molecule has 0 unspecified atom stereocenters. The van der Waals surface area contributed by atoms with Crippen molar-refractivity contribution in [2.75, 3.05) is 21.3 Å². The normalized spacial score (nSPS) is 10.3. The topological polar surface area (TPSA) is 65.0 Å². The van der Waals surface area contributed by atoms with Gasteiger partial charge in [0.25, 0.3) is 0 Å². The highest BCUT2D eigenvalue weighted by molar-refractivity contribution is 5.92. The minimum absolute atomic E-state index is 0.164. The summed E-state index contributed by atoms with van der Waals surface area (Å²) in [6, 6.07) is 8.95. The van der Waals surface area contributed by atoms with Crippen molar-refractivity contribution in [3.05, 3.63) is 52.6 Å². The van der Waals surface area contributed by atoms with Gasteiger partial charge < -0.3 is 19.3 Å². The van der Waals surface area contributed by atoms with Crippen LogP contribution in [0.2, 0.25) is 0 Å². The molecular weight excluding hydrogens is 296 g/mol. The number of hydrogen-bond donors (Lipinski definition) is 1. The lowest BCUT2D eigenvalue weighted by Gasteiger charge is -2.15. The van der Waals surface area contributed by atoms with Crippen molar-refractivity contribution in [2.24, 2.45) is 0 Å². The van der Waals surface area contributed by atoms with Crippen molar-refractivity contribution < 1.29 is 24.1 Å². The summed E-state index contributed by atoms with van der Waals surface area (Å²) >= 11 is 0. The van der Waals surface area contributed by atoms with Crippen molar-refractivity contribution >= 4 is 5.97 Å². The number of methoxy groups -OCH3 is 3. The van der Waals surface area contributed by atoms with Crippen LogP contribution in [0.4, 0.5) is 0 Å². The second-order valence-corrected chi connectivity index (χ2v) is 5.11. The van der Waals surface area contributed by atoms with E-state index in [1.54, 1.807) is 32.4 Å². The van der Waals surface area contributed by atoms with E-state index >= 15 is 0 Å². The first kappa shape index (κ1) is 16.7. The molecule has 0 aromatic heterocycles. The molecule has 0 atom stereocenters. The molecule has 0 saturated heterocycles. The molecule has 0 saturated carbocycles. The molecule has 5 heteroatoms. The first-order chi connectivity index (χ1) is 11.0. The Hall–Kier alpha value is -2.69. The maximum absolute atomic E-state index is 11.6. The number of carbonyl (C=O) groups is 1. The highest BCUT2D eigenvalue weighted by atomic mass is 16.5. The van der Waals surface area contributed by atoms with E-state index in [0.29, 0.717) is 23.5 Å². The Labute approximate surface area is 135 Å². The van der Waals surface area contributed by atoms with Crippen LogP contribution in [-0.2, 0) is 6.42 Å². The van der Waals surface area contributed by atoms with Crippen LogP contribution in [0.25, 0.3) is 0 Å². The van der Waals surface area contributed by atoms with E-state index in [1.165, 1.54) is 7.11 Å². The predicted octanol–water partition coefficient (Wildman–Crippen LogP) is 3.31. The maximum Gasteiger partial charge on any atom is 0.339 e. The summed E-state index contributed by atoms with van der Waals surface area (Å²) in [5.41, 5.74) is 2.63. The van der Waals surface area contributed by atoms with Gasteiger partial charge in [-0.2, -0.15) is 0 Å². The molecule has 0 bridgehead atoms. The van der Waals surface area contributed by atoms with Crippen LogP contribution in [0.3, 0.4) is 0 Å². The number of carboxylic acid groups (broad SMARTS) is 1. The highest BCUT2D eigenvalue weighted by Gasteiger charge is 2.18. The van der Waals surface area contributed by atoms with Gasteiger partial charge in [-0.3, -0.25) is 0 Å². The Bertz CT molecular complexity index is 722. The Morgan fingerprint density at radius 2 is 1.61 bits per heavy atom. The Morgan fingerprint density at radius 3 is 2.17 bits per heavy atom. The lowest BCUT2D eigenvalue weighted by molar-refractivity contribution is 0.0692.